The molecule has 0 fully saturated rings. The second kappa shape index (κ2) is 11.7. The van der Waals surface area contributed by atoms with Gasteiger partial charge in [0.1, 0.15) is 0 Å². The molecule has 0 aliphatic carbocycles. The molecule has 2 aromatic carbocycles. The normalized spacial score (nSPS) is 11.4. The number of benzene rings is 2. The van der Waals surface area contributed by atoms with E-state index in [4.69, 9.17) is 0 Å². The van der Waals surface area contributed by atoms with Crippen LogP contribution in [0.4, 0.5) is 0 Å². The van der Waals surface area contributed by atoms with Gasteiger partial charge in [0.15, 0.2) is 5.78 Å². The number of amides is 1. The van der Waals surface area contributed by atoms with Crippen molar-refractivity contribution in [3.05, 3.63) is 97.1 Å². The van der Waals surface area contributed by atoms with Crippen LogP contribution in [0.1, 0.15) is 30.4 Å². The van der Waals surface area contributed by atoms with Gasteiger partial charge in [-0.05, 0) is 48.5 Å². The minimum Gasteiger partial charge on any atom is -0.335 e. The lowest BCUT2D eigenvalue weighted by Gasteiger charge is -2.23. The van der Waals surface area contributed by atoms with Crippen molar-refractivity contribution in [3.8, 4) is 0 Å². The molecule has 28 heavy (non-hydrogen) atoms. The minimum absolute atomic E-state index is 0.0642. The van der Waals surface area contributed by atoms with E-state index in [9.17, 15) is 9.59 Å². The Morgan fingerprint density at radius 3 is 2.07 bits per heavy atom. The predicted octanol–water partition coefficient (Wildman–Crippen LogP) is 4.99. The average molecular weight is 376 g/mol. The van der Waals surface area contributed by atoms with E-state index in [0.29, 0.717) is 19.5 Å². The summed E-state index contributed by atoms with van der Waals surface area (Å²) in [6.45, 7) is 8.44. The van der Waals surface area contributed by atoms with E-state index in [0.717, 1.165) is 24.8 Å². The highest BCUT2D eigenvalue weighted by Gasteiger charge is 2.16. The number of hydrogen-bond donors (Lipinski definition) is 0. The van der Waals surface area contributed by atoms with Crippen molar-refractivity contribution < 1.29 is 9.59 Å². The first-order valence-electron chi connectivity index (χ1n) is 9.76. The Labute approximate surface area is 168 Å². The van der Waals surface area contributed by atoms with Crippen LogP contribution in [0, 0.1) is 5.92 Å². The van der Waals surface area contributed by atoms with Gasteiger partial charge in [0.2, 0.25) is 5.91 Å². The number of hydrogen-bond acceptors (Lipinski definition) is 2. The summed E-state index contributed by atoms with van der Waals surface area (Å²) < 4.78 is 0. The summed E-state index contributed by atoms with van der Waals surface area (Å²) >= 11 is 0. The molecule has 0 aliphatic heterocycles. The Morgan fingerprint density at radius 1 is 0.893 bits per heavy atom. The molecular formula is C25H29NO2. The molecule has 2 rings (SSSR count). The van der Waals surface area contributed by atoms with E-state index >= 15 is 0 Å². The first-order chi connectivity index (χ1) is 13.6. The summed E-state index contributed by atoms with van der Waals surface area (Å²) in [5.41, 5.74) is 2.33. The minimum atomic E-state index is -0.0642. The van der Waals surface area contributed by atoms with Crippen LogP contribution in [-0.4, -0.2) is 23.1 Å². The number of nitrogens with zero attached hydrogens (tertiary/aromatic N) is 1. The van der Waals surface area contributed by atoms with Crippen molar-refractivity contribution in [1.29, 1.82) is 0 Å². The maximum absolute atomic E-state index is 12.2. The number of ketones is 1. The van der Waals surface area contributed by atoms with Crippen LogP contribution >= 0.6 is 0 Å². The Hall–Kier alpha value is -2.94. The third-order valence-corrected chi connectivity index (χ3v) is 4.83. The van der Waals surface area contributed by atoms with Gasteiger partial charge in [-0.25, -0.2) is 0 Å². The highest BCUT2D eigenvalue weighted by Crippen LogP contribution is 2.19. The van der Waals surface area contributed by atoms with E-state index in [1.165, 1.54) is 17.7 Å². The molecule has 2 aromatic rings. The van der Waals surface area contributed by atoms with Crippen LogP contribution in [-0.2, 0) is 22.6 Å². The van der Waals surface area contributed by atoms with Crippen LogP contribution in [0.2, 0.25) is 0 Å². The van der Waals surface area contributed by atoms with Crippen molar-refractivity contribution in [2.24, 2.45) is 5.92 Å². The number of carbonyl (C=O) groups is 2. The summed E-state index contributed by atoms with van der Waals surface area (Å²) in [4.78, 5) is 26.0. The van der Waals surface area contributed by atoms with Gasteiger partial charge >= 0.3 is 0 Å². The van der Waals surface area contributed by atoms with Crippen molar-refractivity contribution in [2.75, 3.05) is 6.54 Å². The van der Waals surface area contributed by atoms with E-state index in [1.54, 1.807) is 0 Å². The maximum Gasteiger partial charge on any atom is 0.246 e. The van der Waals surface area contributed by atoms with Crippen molar-refractivity contribution in [1.82, 2.24) is 4.90 Å². The molecule has 0 spiro atoms. The SMILES string of the molecule is C=CC(=O)CC(CCCN(Cc1ccccc1)C(=O)C=C)Cc1ccccc1. The molecule has 1 amide bonds. The van der Waals surface area contributed by atoms with Gasteiger partial charge < -0.3 is 4.90 Å². The second-order valence-corrected chi connectivity index (χ2v) is 7.02. The van der Waals surface area contributed by atoms with Gasteiger partial charge in [-0.1, -0.05) is 73.8 Å². The van der Waals surface area contributed by atoms with Crippen LogP contribution in [0.25, 0.3) is 0 Å². The molecule has 0 saturated heterocycles. The summed E-state index contributed by atoms with van der Waals surface area (Å²) in [6, 6.07) is 20.2. The van der Waals surface area contributed by atoms with E-state index in [-0.39, 0.29) is 17.6 Å². The summed E-state index contributed by atoms with van der Waals surface area (Å²) in [5, 5.41) is 0. The largest absolute Gasteiger partial charge is 0.335 e. The Balaban J connectivity index is 1.96. The molecule has 0 radical (unpaired) electrons. The van der Waals surface area contributed by atoms with E-state index in [1.807, 2.05) is 53.4 Å². The number of carbonyl (C=O) groups excluding carboxylic acids is 2. The smallest absolute Gasteiger partial charge is 0.246 e. The molecular weight excluding hydrogens is 346 g/mol. The highest BCUT2D eigenvalue weighted by atomic mass is 16.2. The zero-order valence-electron chi connectivity index (χ0n) is 16.4. The van der Waals surface area contributed by atoms with Crippen LogP contribution in [0.3, 0.4) is 0 Å². The summed E-state index contributed by atoms with van der Waals surface area (Å²) in [6.07, 6.45) is 5.84. The van der Waals surface area contributed by atoms with E-state index < -0.39 is 0 Å². The Kier molecular flexibility index (Phi) is 8.93. The standard InChI is InChI=1S/C25H29NO2/c1-3-24(27)19-23(18-21-12-7-5-8-13-21)16-11-17-26(25(28)4-2)20-22-14-9-6-10-15-22/h3-10,12-15,23H,1-2,11,16-20H2. The number of allylic oxidation sites excluding steroid dienone is 1. The van der Waals surface area contributed by atoms with Gasteiger partial charge in [0.25, 0.3) is 0 Å². The van der Waals surface area contributed by atoms with Gasteiger partial charge in [-0.3, -0.25) is 9.59 Å². The van der Waals surface area contributed by atoms with Crippen LogP contribution in [0.5, 0.6) is 0 Å². The van der Waals surface area contributed by atoms with Crippen molar-refractivity contribution in [2.45, 2.75) is 32.2 Å². The topological polar surface area (TPSA) is 37.4 Å². The lowest BCUT2D eigenvalue weighted by Crippen LogP contribution is -2.30. The Bertz CT molecular complexity index is 768. The second-order valence-electron chi connectivity index (χ2n) is 7.02. The van der Waals surface area contributed by atoms with Gasteiger partial charge in [0.05, 0.1) is 0 Å². The monoisotopic (exact) mass is 375 g/mol. The fourth-order valence-electron chi connectivity index (χ4n) is 3.36. The number of rotatable bonds is 12. The van der Waals surface area contributed by atoms with E-state index in [2.05, 4.69) is 25.3 Å². The maximum atomic E-state index is 12.2. The first kappa shape index (κ1) is 21.4. The molecule has 0 saturated carbocycles. The van der Waals surface area contributed by atoms with Crippen molar-refractivity contribution >= 4 is 11.7 Å². The molecule has 0 aliphatic rings. The molecule has 146 valence electrons. The van der Waals surface area contributed by atoms with Gasteiger partial charge in [-0.15, -0.1) is 0 Å². The summed E-state index contributed by atoms with van der Waals surface area (Å²) in [5.74, 6) is 0.250. The predicted molar refractivity (Wildman–Crippen MR) is 115 cm³/mol. The molecule has 0 heterocycles. The molecule has 3 nitrogen and oxygen atoms in total. The van der Waals surface area contributed by atoms with Crippen LogP contribution in [0.15, 0.2) is 86.0 Å². The van der Waals surface area contributed by atoms with Gasteiger partial charge in [0, 0.05) is 19.5 Å². The molecule has 0 bridgehead atoms. The molecule has 0 aromatic heterocycles. The fourth-order valence-corrected chi connectivity index (χ4v) is 3.36. The van der Waals surface area contributed by atoms with Gasteiger partial charge in [-0.2, -0.15) is 0 Å². The Morgan fingerprint density at radius 2 is 1.50 bits per heavy atom. The average Bonchev–Trinajstić information content (AvgIpc) is 2.73. The third-order valence-electron chi connectivity index (χ3n) is 4.83. The van der Waals surface area contributed by atoms with Crippen LogP contribution < -0.4 is 0 Å². The summed E-state index contributed by atoms with van der Waals surface area (Å²) in [7, 11) is 0. The first-order valence-corrected chi connectivity index (χ1v) is 9.76. The third kappa shape index (κ3) is 7.36. The lowest BCUT2D eigenvalue weighted by molar-refractivity contribution is -0.126. The molecule has 1 unspecified atom stereocenters. The zero-order chi connectivity index (χ0) is 20.2. The molecule has 0 N–H and O–H groups in total. The van der Waals surface area contributed by atoms with Crippen molar-refractivity contribution in [3.63, 3.8) is 0 Å². The molecule has 3 heteroatoms. The highest BCUT2D eigenvalue weighted by molar-refractivity contribution is 5.89. The lowest BCUT2D eigenvalue weighted by atomic mass is 9.90. The fraction of sp³-hybridized carbons (Fsp3) is 0.280. The quantitative estimate of drug-likeness (QED) is 0.490. The molecule has 1 atom stereocenters. The zero-order valence-corrected chi connectivity index (χ0v) is 16.4.